The van der Waals surface area contributed by atoms with Crippen LogP contribution in [-0.4, -0.2) is 60.3 Å². The van der Waals surface area contributed by atoms with Gasteiger partial charge in [0.05, 0.1) is 19.8 Å². The molecule has 2 amide bonds. The molecule has 0 radical (unpaired) electrons. The Morgan fingerprint density at radius 1 is 1.37 bits per heavy atom. The van der Waals surface area contributed by atoms with Gasteiger partial charge in [-0.15, -0.1) is 0 Å². The van der Waals surface area contributed by atoms with Crippen molar-refractivity contribution in [1.29, 1.82) is 0 Å². The molecule has 1 heterocycles. The number of likely N-dealkylation sites (tertiary alicyclic amines) is 1. The zero-order valence-corrected chi connectivity index (χ0v) is 16.4. The number of amides is 2. The van der Waals surface area contributed by atoms with E-state index in [1.807, 2.05) is 12.1 Å². The van der Waals surface area contributed by atoms with E-state index >= 15 is 0 Å². The Bertz CT molecular complexity index is 707. The highest BCUT2D eigenvalue weighted by Gasteiger charge is 2.43. The fourth-order valence-corrected chi connectivity index (χ4v) is 3.12. The van der Waals surface area contributed by atoms with Crippen LogP contribution in [0.4, 0.5) is 0 Å². The van der Waals surface area contributed by atoms with Gasteiger partial charge < -0.3 is 30.5 Å². The standard InChI is InChI=1S/C19H29N3O5/c1-18(2,16(20)23)21-12-19(25)9-6-10-22(17(19)24)11-13-7-5-8-14(26-3)15(13)27-4/h5,7-8,21,25H,6,9-12H2,1-4H3,(H2,20,23)/t19-/m1/s1. The monoisotopic (exact) mass is 379 g/mol. The van der Waals surface area contributed by atoms with Crippen molar-refractivity contribution in [3.05, 3.63) is 23.8 Å². The van der Waals surface area contributed by atoms with Gasteiger partial charge in [-0.1, -0.05) is 12.1 Å². The highest BCUT2D eigenvalue weighted by Crippen LogP contribution is 2.33. The summed E-state index contributed by atoms with van der Waals surface area (Å²) >= 11 is 0. The van der Waals surface area contributed by atoms with E-state index in [2.05, 4.69) is 5.32 Å². The van der Waals surface area contributed by atoms with E-state index in [1.165, 1.54) is 0 Å². The smallest absolute Gasteiger partial charge is 0.256 e. The number of benzene rings is 1. The number of hydrogen-bond acceptors (Lipinski definition) is 6. The first-order valence-electron chi connectivity index (χ1n) is 8.91. The number of primary amides is 1. The summed E-state index contributed by atoms with van der Waals surface area (Å²) in [4.78, 5) is 26.0. The molecule has 1 aromatic rings. The molecular weight excluding hydrogens is 350 g/mol. The summed E-state index contributed by atoms with van der Waals surface area (Å²) in [5, 5.41) is 13.8. The van der Waals surface area contributed by atoms with E-state index in [-0.39, 0.29) is 12.5 Å². The molecule has 150 valence electrons. The summed E-state index contributed by atoms with van der Waals surface area (Å²) in [6.07, 6.45) is 0.965. The van der Waals surface area contributed by atoms with Crippen molar-refractivity contribution in [2.24, 2.45) is 5.73 Å². The second-order valence-electron chi connectivity index (χ2n) is 7.36. The molecule has 0 aromatic heterocycles. The van der Waals surface area contributed by atoms with Crippen LogP contribution in [0, 0.1) is 0 Å². The molecule has 1 aliphatic rings. The van der Waals surface area contributed by atoms with Gasteiger partial charge in [-0.25, -0.2) is 0 Å². The number of aliphatic hydroxyl groups is 1. The lowest BCUT2D eigenvalue weighted by Crippen LogP contribution is -2.62. The Labute approximate surface area is 159 Å². The molecule has 0 bridgehead atoms. The van der Waals surface area contributed by atoms with Crippen LogP contribution < -0.4 is 20.5 Å². The van der Waals surface area contributed by atoms with Crippen molar-refractivity contribution < 1.29 is 24.2 Å². The van der Waals surface area contributed by atoms with E-state index in [4.69, 9.17) is 15.2 Å². The van der Waals surface area contributed by atoms with Crippen LogP contribution in [0.5, 0.6) is 11.5 Å². The topological polar surface area (TPSA) is 114 Å². The molecule has 4 N–H and O–H groups in total. The van der Waals surface area contributed by atoms with Gasteiger partial charge in [0, 0.05) is 25.2 Å². The summed E-state index contributed by atoms with van der Waals surface area (Å²) in [5.41, 5.74) is 3.53. The van der Waals surface area contributed by atoms with Crippen molar-refractivity contribution in [3.8, 4) is 11.5 Å². The van der Waals surface area contributed by atoms with Crippen LogP contribution in [0.25, 0.3) is 0 Å². The van der Waals surface area contributed by atoms with Crippen LogP contribution in [-0.2, 0) is 16.1 Å². The number of carbonyl (C=O) groups is 2. The number of β-amino-alcohol motifs (C(OH)–C–C–N with tert-alkyl or cyclic N) is 1. The predicted molar refractivity (Wildman–Crippen MR) is 100 cm³/mol. The Morgan fingerprint density at radius 3 is 2.67 bits per heavy atom. The molecule has 0 saturated carbocycles. The lowest BCUT2D eigenvalue weighted by atomic mass is 9.90. The molecule has 0 aliphatic carbocycles. The summed E-state index contributed by atoms with van der Waals surface area (Å²) in [6.45, 7) is 4.00. The first kappa shape index (κ1) is 21.0. The quantitative estimate of drug-likeness (QED) is 0.603. The second-order valence-corrected chi connectivity index (χ2v) is 7.36. The first-order chi connectivity index (χ1) is 12.6. The maximum atomic E-state index is 12.9. The van der Waals surface area contributed by atoms with Gasteiger partial charge in [-0.3, -0.25) is 9.59 Å². The second kappa shape index (κ2) is 8.14. The third kappa shape index (κ3) is 4.51. The van der Waals surface area contributed by atoms with Crippen LogP contribution >= 0.6 is 0 Å². The average molecular weight is 379 g/mol. The van der Waals surface area contributed by atoms with Crippen LogP contribution in [0.15, 0.2) is 18.2 Å². The fourth-order valence-electron chi connectivity index (χ4n) is 3.12. The third-order valence-electron chi connectivity index (χ3n) is 4.99. The Hall–Kier alpha value is -2.32. The zero-order chi connectivity index (χ0) is 20.2. The summed E-state index contributed by atoms with van der Waals surface area (Å²) in [7, 11) is 3.10. The predicted octanol–water partition coefficient (Wildman–Crippen LogP) is 0.411. The lowest BCUT2D eigenvalue weighted by Gasteiger charge is -2.40. The highest BCUT2D eigenvalue weighted by atomic mass is 16.5. The molecule has 1 fully saturated rings. The van der Waals surface area contributed by atoms with E-state index in [1.54, 1.807) is 39.0 Å². The largest absolute Gasteiger partial charge is 0.493 e. The van der Waals surface area contributed by atoms with Crippen LogP contribution in [0.2, 0.25) is 0 Å². The Balaban J connectivity index is 2.16. The molecule has 1 saturated heterocycles. The number of nitrogens with zero attached hydrogens (tertiary/aromatic N) is 1. The number of rotatable bonds is 8. The fraction of sp³-hybridized carbons (Fsp3) is 0.579. The van der Waals surface area contributed by atoms with Gasteiger partial charge in [0.1, 0.15) is 0 Å². The van der Waals surface area contributed by atoms with E-state index in [9.17, 15) is 14.7 Å². The van der Waals surface area contributed by atoms with E-state index < -0.39 is 17.0 Å². The van der Waals surface area contributed by atoms with E-state index in [0.717, 1.165) is 5.56 Å². The van der Waals surface area contributed by atoms with Crippen molar-refractivity contribution in [1.82, 2.24) is 10.2 Å². The molecule has 8 heteroatoms. The minimum atomic E-state index is -1.59. The maximum absolute atomic E-state index is 12.9. The molecule has 1 aliphatic heterocycles. The molecule has 27 heavy (non-hydrogen) atoms. The van der Waals surface area contributed by atoms with Crippen molar-refractivity contribution in [2.75, 3.05) is 27.3 Å². The molecule has 1 atom stereocenters. The molecule has 2 rings (SSSR count). The normalized spacial score (nSPS) is 20.5. The summed E-state index contributed by atoms with van der Waals surface area (Å²) < 4.78 is 10.7. The molecule has 0 unspecified atom stereocenters. The average Bonchev–Trinajstić information content (AvgIpc) is 2.63. The molecule has 0 spiro atoms. The number of nitrogens with one attached hydrogen (secondary N) is 1. The van der Waals surface area contributed by atoms with E-state index in [0.29, 0.717) is 37.4 Å². The SMILES string of the molecule is COc1cccc(CN2CCC[C@@](O)(CNC(C)(C)C(N)=O)C2=O)c1OC. The van der Waals surface area contributed by atoms with Gasteiger partial charge in [-0.2, -0.15) is 0 Å². The lowest BCUT2D eigenvalue weighted by molar-refractivity contribution is -0.158. The Kier molecular flexibility index (Phi) is 6.33. The number of nitrogens with two attached hydrogens (primary N) is 1. The Morgan fingerprint density at radius 2 is 2.07 bits per heavy atom. The summed E-state index contributed by atoms with van der Waals surface area (Å²) in [6, 6.07) is 5.47. The number of piperidine rings is 1. The van der Waals surface area contributed by atoms with Gasteiger partial charge in [0.2, 0.25) is 5.91 Å². The van der Waals surface area contributed by atoms with Crippen molar-refractivity contribution >= 4 is 11.8 Å². The number of methoxy groups -OCH3 is 2. The van der Waals surface area contributed by atoms with Crippen molar-refractivity contribution in [3.63, 3.8) is 0 Å². The minimum Gasteiger partial charge on any atom is -0.493 e. The molecule has 8 nitrogen and oxygen atoms in total. The molecule has 1 aromatic carbocycles. The summed E-state index contributed by atoms with van der Waals surface area (Å²) in [5.74, 6) is 0.216. The van der Waals surface area contributed by atoms with Gasteiger partial charge in [-0.05, 0) is 32.8 Å². The number of carbonyl (C=O) groups excluding carboxylic acids is 2. The highest BCUT2D eigenvalue weighted by molar-refractivity contribution is 5.87. The third-order valence-corrected chi connectivity index (χ3v) is 4.99. The number of para-hydroxylation sites is 1. The van der Waals surface area contributed by atoms with Gasteiger partial charge in [0.15, 0.2) is 17.1 Å². The van der Waals surface area contributed by atoms with Gasteiger partial charge in [0.25, 0.3) is 5.91 Å². The molecular formula is C19H29N3O5. The zero-order valence-electron chi connectivity index (χ0n) is 16.4. The first-order valence-corrected chi connectivity index (χ1v) is 8.91. The number of hydrogen-bond donors (Lipinski definition) is 3. The van der Waals surface area contributed by atoms with Crippen molar-refractivity contribution in [2.45, 2.75) is 44.4 Å². The van der Waals surface area contributed by atoms with Crippen LogP contribution in [0.1, 0.15) is 32.3 Å². The maximum Gasteiger partial charge on any atom is 0.256 e. The van der Waals surface area contributed by atoms with Gasteiger partial charge >= 0.3 is 0 Å². The van der Waals surface area contributed by atoms with Crippen LogP contribution in [0.3, 0.4) is 0 Å². The minimum absolute atomic E-state index is 0.0481. The number of ether oxygens (including phenoxy) is 2.